The van der Waals surface area contributed by atoms with Gasteiger partial charge in [-0.1, -0.05) is 0 Å². The number of aryl methyl sites for hydroxylation is 2. The number of hydrogen-bond donors (Lipinski definition) is 3. The lowest BCUT2D eigenvalue weighted by atomic mass is 10.3. The summed E-state index contributed by atoms with van der Waals surface area (Å²) in [7, 11) is 0. The summed E-state index contributed by atoms with van der Waals surface area (Å²) < 4.78 is 4.23. The molecule has 0 fully saturated rings. The van der Waals surface area contributed by atoms with Crippen molar-refractivity contribution in [2.24, 2.45) is 0 Å². The quantitative estimate of drug-likeness (QED) is 0.510. The van der Waals surface area contributed by atoms with Gasteiger partial charge < -0.3 is 15.3 Å². The summed E-state index contributed by atoms with van der Waals surface area (Å²) in [5, 5.41) is 26.6. The standard InChI is InChI=1S/C12H23N2O3/c15-9-1-4-12-13(5-2-10-16)7-8-14(12)6-3-11-17/h7-8,15-17H,1-6,9-11H2/q+1. The molecule has 5 heteroatoms. The maximum absolute atomic E-state index is 8.90. The molecule has 0 unspecified atom stereocenters. The van der Waals surface area contributed by atoms with E-state index in [1.165, 1.54) is 0 Å². The van der Waals surface area contributed by atoms with E-state index < -0.39 is 0 Å². The molecule has 0 amide bonds. The molecule has 3 N–H and O–H groups in total. The Morgan fingerprint density at radius 3 is 2.35 bits per heavy atom. The Kier molecular flexibility index (Phi) is 6.84. The lowest BCUT2D eigenvalue weighted by Crippen LogP contribution is -2.38. The van der Waals surface area contributed by atoms with E-state index in [4.69, 9.17) is 15.3 Å². The number of hydrogen-bond acceptors (Lipinski definition) is 3. The van der Waals surface area contributed by atoms with E-state index >= 15 is 0 Å². The highest BCUT2D eigenvalue weighted by molar-refractivity contribution is 4.84. The van der Waals surface area contributed by atoms with E-state index in [9.17, 15) is 0 Å². The highest BCUT2D eigenvalue weighted by atomic mass is 16.3. The van der Waals surface area contributed by atoms with Crippen LogP contribution in [0.3, 0.4) is 0 Å². The highest BCUT2D eigenvalue weighted by Crippen LogP contribution is 2.02. The number of rotatable bonds is 9. The van der Waals surface area contributed by atoms with Crippen molar-refractivity contribution < 1.29 is 19.9 Å². The van der Waals surface area contributed by atoms with Gasteiger partial charge in [0.05, 0.1) is 19.5 Å². The average Bonchev–Trinajstić information content (AvgIpc) is 2.73. The van der Waals surface area contributed by atoms with Crippen LogP contribution in [0.15, 0.2) is 12.4 Å². The molecular weight excluding hydrogens is 220 g/mol. The predicted molar refractivity (Wildman–Crippen MR) is 63.4 cm³/mol. The van der Waals surface area contributed by atoms with Gasteiger partial charge in [0.1, 0.15) is 12.4 Å². The van der Waals surface area contributed by atoms with Gasteiger partial charge in [-0.05, 0) is 6.42 Å². The molecule has 0 bridgehead atoms. The van der Waals surface area contributed by atoms with Crippen molar-refractivity contribution in [3.05, 3.63) is 18.2 Å². The lowest BCUT2D eigenvalue weighted by molar-refractivity contribution is -0.704. The molecule has 1 heterocycles. The van der Waals surface area contributed by atoms with Gasteiger partial charge in [0.15, 0.2) is 0 Å². The number of aliphatic hydroxyl groups excluding tert-OH is 3. The van der Waals surface area contributed by atoms with Gasteiger partial charge >= 0.3 is 0 Å². The molecule has 0 saturated heterocycles. The Labute approximate surface area is 102 Å². The summed E-state index contributed by atoms with van der Waals surface area (Å²) in [6, 6.07) is 0. The monoisotopic (exact) mass is 243 g/mol. The molecule has 1 aromatic rings. The van der Waals surface area contributed by atoms with E-state index in [-0.39, 0.29) is 19.8 Å². The molecule has 0 spiro atoms. The molecule has 0 saturated carbocycles. The highest BCUT2D eigenvalue weighted by Gasteiger charge is 2.15. The normalized spacial score (nSPS) is 11.0. The fraction of sp³-hybridized carbons (Fsp3) is 0.750. The van der Waals surface area contributed by atoms with Crippen molar-refractivity contribution in [1.82, 2.24) is 4.57 Å². The van der Waals surface area contributed by atoms with Crippen molar-refractivity contribution in [2.75, 3.05) is 19.8 Å². The van der Waals surface area contributed by atoms with Crippen molar-refractivity contribution in [1.29, 1.82) is 0 Å². The SMILES string of the molecule is OCCCc1n(CCCO)cc[n+]1CCCO. The second-order valence-electron chi connectivity index (χ2n) is 4.08. The van der Waals surface area contributed by atoms with Crippen LogP contribution in [-0.4, -0.2) is 39.7 Å². The summed E-state index contributed by atoms with van der Waals surface area (Å²) >= 11 is 0. The molecule has 0 aliphatic heterocycles. The van der Waals surface area contributed by atoms with Crippen molar-refractivity contribution in [3.8, 4) is 0 Å². The Bertz CT molecular complexity index is 287. The van der Waals surface area contributed by atoms with Gasteiger partial charge in [0, 0.05) is 32.7 Å². The van der Waals surface area contributed by atoms with Crippen molar-refractivity contribution in [3.63, 3.8) is 0 Å². The van der Waals surface area contributed by atoms with E-state index in [1.807, 2.05) is 12.4 Å². The van der Waals surface area contributed by atoms with Crippen LogP contribution in [0.1, 0.15) is 25.1 Å². The zero-order chi connectivity index (χ0) is 12.5. The minimum Gasteiger partial charge on any atom is -0.396 e. The largest absolute Gasteiger partial charge is 0.396 e. The number of aliphatic hydroxyl groups is 3. The van der Waals surface area contributed by atoms with Crippen LogP contribution in [0.4, 0.5) is 0 Å². The zero-order valence-corrected chi connectivity index (χ0v) is 10.3. The van der Waals surface area contributed by atoms with Crippen LogP contribution in [0.5, 0.6) is 0 Å². The molecule has 0 aliphatic carbocycles. The zero-order valence-electron chi connectivity index (χ0n) is 10.3. The molecule has 0 aliphatic rings. The lowest BCUT2D eigenvalue weighted by Gasteiger charge is -2.04. The van der Waals surface area contributed by atoms with Crippen LogP contribution in [0.2, 0.25) is 0 Å². The van der Waals surface area contributed by atoms with Gasteiger partial charge in [-0.15, -0.1) is 0 Å². The van der Waals surface area contributed by atoms with E-state index in [2.05, 4.69) is 9.13 Å². The topological polar surface area (TPSA) is 69.5 Å². The first-order valence-electron chi connectivity index (χ1n) is 6.23. The van der Waals surface area contributed by atoms with Crippen LogP contribution in [0, 0.1) is 0 Å². The summed E-state index contributed by atoms with van der Waals surface area (Å²) in [6.45, 7) is 2.15. The molecule has 5 nitrogen and oxygen atoms in total. The van der Waals surface area contributed by atoms with E-state index in [1.54, 1.807) is 0 Å². The van der Waals surface area contributed by atoms with Gasteiger partial charge in [0.25, 0.3) is 5.82 Å². The van der Waals surface area contributed by atoms with Gasteiger partial charge in [-0.2, -0.15) is 0 Å². The molecule has 0 radical (unpaired) electrons. The van der Waals surface area contributed by atoms with Gasteiger partial charge in [-0.25, -0.2) is 9.13 Å². The fourth-order valence-corrected chi connectivity index (χ4v) is 1.91. The van der Waals surface area contributed by atoms with Gasteiger partial charge in [-0.3, -0.25) is 0 Å². The first kappa shape index (κ1) is 14.2. The second kappa shape index (κ2) is 8.22. The van der Waals surface area contributed by atoms with E-state index in [0.717, 1.165) is 44.6 Å². The number of nitrogens with zero attached hydrogens (tertiary/aromatic N) is 2. The third kappa shape index (κ3) is 4.46. The summed E-state index contributed by atoms with van der Waals surface area (Å²) in [5.74, 6) is 1.15. The van der Waals surface area contributed by atoms with Gasteiger partial charge in [0.2, 0.25) is 0 Å². The maximum Gasteiger partial charge on any atom is 0.256 e. The van der Waals surface area contributed by atoms with E-state index in [0.29, 0.717) is 0 Å². The summed E-state index contributed by atoms with van der Waals surface area (Å²) in [4.78, 5) is 0. The third-order valence-corrected chi connectivity index (χ3v) is 2.76. The Hall–Kier alpha value is -0.910. The van der Waals surface area contributed by atoms with Crippen LogP contribution >= 0.6 is 0 Å². The first-order valence-corrected chi connectivity index (χ1v) is 6.23. The van der Waals surface area contributed by atoms with Crippen molar-refractivity contribution >= 4 is 0 Å². The summed E-state index contributed by atoms with van der Waals surface area (Å²) in [5.41, 5.74) is 0. The molecule has 98 valence electrons. The number of aromatic nitrogens is 2. The summed E-state index contributed by atoms with van der Waals surface area (Å²) in [6.07, 6.45) is 7.03. The van der Waals surface area contributed by atoms with Crippen LogP contribution < -0.4 is 4.57 Å². The smallest absolute Gasteiger partial charge is 0.256 e. The molecule has 1 aromatic heterocycles. The molecule has 1 rings (SSSR count). The maximum atomic E-state index is 8.90. The predicted octanol–water partition coefficient (Wildman–Crippen LogP) is -0.535. The minimum atomic E-state index is 0.186. The molecular formula is C12H23N2O3+. The fourth-order valence-electron chi connectivity index (χ4n) is 1.91. The molecule has 0 atom stereocenters. The third-order valence-electron chi connectivity index (χ3n) is 2.76. The van der Waals surface area contributed by atoms with Crippen molar-refractivity contribution in [2.45, 2.75) is 38.8 Å². The minimum absolute atomic E-state index is 0.186. The second-order valence-corrected chi connectivity index (χ2v) is 4.08. The number of imidazole rings is 1. The Morgan fingerprint density at radius 2 is 1.71 bits per heavy atom. The Balaban J connectivity index is 2.70. The first-order chi connectivity index (χ1) is 8.33. The molecule has 17 heavy (non-hydrogen) atoms. The average molecular weight is 243 g/mol. The Morgan fingerprint density at radius 1 is 1.00 bits per heavy atom. The van der Waals surface area contributed by atoms with Crippen LogP contribution in [0.25, 0.3) is 0 Å². The molecule has 0 aromatic carbocycles. The van der Waals surface area contributed by atoms with Crippen LogP contribution in [-0.2, 0) is 19.5 Å².